The van der Waals surface area contributed by atoms with Crippen LogP contribution in [0.1, 0.15) is 16.8 Å². The molecule has 0 radical (unpaired) electrons. The first-order valence-electron chi connectivity index (χ1n) is 8.73. The summed E-state index contributed by atoms with van der Waals surface area (Å²) in [5.74, 6) is 0.625. The first-order valence-corrected chi connectivity index (χ1v) is 8.73. The topological polar surface area (TPSA) is 69.6 Å². The fourth-order valence-electron chi connectivity index (χ4n) is 2.46. The van der Waals surface area contributed by atoms with Crippen molar-refractivity contribution in [1.82, 2.24) is 20.5 Å². The smallest absolute Gasteiger partial charge is 0.241 e. The molecule has 1 aromatic carbocycles. The Morgan fingerprint density at radius 2 is 1.92 bits per heavy atom. The van der Waals surface area contributed by atoms with Crippen LogP contribution in [0.2, 0.25) is 0 Å². The molecule has 6 nitrogen and oxygen atoms in total. The summed E-state index contributed by atoms with van der Waals surface area (Å²) in [6.07, 6.45) is 2.51. The molecule has 2 N–H and O–H groups in total. The molecule has 1 heterocycles. The number of aliphatic imine (C=N–C) groups is 1. The number of carbonyl (C=O) groups excluding carboxylic acids is 1. The molecule has 26 heavy (non-hydrogen) atoms. The lowest BCUT2D eigenvalue weighted by Gasteiger charge is -2.18. The van der Waals surface area contributed by atoms with E-state index in [1.807, 2.05) is 30.3 Å². The van der Waals surface area contributed by atoms with E-state index in [4.69, 9.17) is 0 Å². The summed E-state index contributed by atoms with van der Waals surface area (Å²) < 4.78 is 0. The normalized spacial score (nSPS) is 11.1. The van der Waals surface area contributed by atoms with Crippen molar-refractivity contribution in [3.05, 3.63) is 65.5 Å². The number of likely N-dealkylation sites (N-methyl/N-ethyl adjacent to an activating group) is 1. The summed E-state index contributed by atoms with van der Waals surface area (Å²) in [5.41, 5.74) is 3.41. The van der Waals surface area contributed by atoms with Gasteiger partial charge in [0.25, 0.3) is 0 Å². The fourth-order valence-corrected chi connectivity index (χ4v) is 2.46. The molecule has 2 rings (SSSR count). The van der Waals surface area contributed by atoms with E-state index in [-0.39, 0.29) is 12.5 Å². The van der Waals surface area contributed by atoms with Crippen molar-refractivity contribution in [3.63, 3.8) is 0 Å². The van der Waals surface area contributed by atoms with Crippen LogP contribution in [0.4, 0.5) is 0 Å². The van der Waals surface area contributed by atoms with E-state index in [2.05, 4.69) is 39.7 Å². The quantitative estimate of drug-likeness (QED) is 0.588. The van der Waals surface area contributed by atoms with E-state index in [9.17, 15) is 4.79 Å². The van der Waals surface area contributed by atoms with E-state index in [0.717, 1.165) is 12.1 Å². The van der Waals surface area contributed by atoms with Gasteiger partial charge in [-0.3, -0.25) is 14.8 Å². The molecule has 1 amide bonds. The zero-order valence-corrected chi connectivity index (χ0v) is 15.7. The molecule has 0 unspecified atom stereocenters. The maximum atomic E-state index is 12.3. The minimum Gasteiger partial charge on any atom is -0.352 e. The molecule has 0 bridgehead atoms. The van der Waals surface area contributed by atoms with Gasteiger partial charge in [-0.2, -0.15) is 0 Å². The molecule has 6 heteroatoms. The molecule has 0 saturated carbocycles. The standard InChI is InChI=1S/C20H27N5O/c1-16-8-4-5-9-17(16)14-23-20(21-2)24-15-19(26)25(3)13-11-18-10-6-7-12-22-18/h4-10,12H,11,13-15H2,1-3H3,(H2,21,23,24). The van der Waals surface area contributed by atoms with Crippen LogP contribution in [-0.2, 0) is 17.8 Å². The lowest BCUT2D eigenvalue weighted by atomic mass is 10.1. The highest BCUT2D eigenvalue weighted by Crippen LogP contribution is 2.05. The summed E-state index contributed by atoms with van der Waals surface area (Å²) in [5, 5.41) is 6.31. The molecule has 0 atom stereocenters. The van der Waals surface area contributed by atoms with Gasteiger partial charge in [0.2, 0.25) is 5.91 Å². The largest absolute Gasteiger partial charge is 0.352 e. The molecule has 0 saturated heterocycles. The third-order valence-electron chi connectivity index (χ3n) is 4.19. The van der Waals surface area contributed by atoms with Gasteiger partial charge in [-0.15, -0.1) is 0 Å². The van der Waals surface area contributed by atoms with Gasteiger partial charge >= 0.3 is 0 Å². The van der Waals surface area contributed by atoms with Crippen LogP contribution in [0, 0.1) is 6.92 Å². The van der Waals surface area contributed by atoms with Crippen LogP contribution in [0.25, 0.3) is 0 Å². The van der Waals surface area contributed by atoms with Crippen molar-refractivity contribution >= 4 is 11.9 Å². The number of nitrogens with zero attached hydrogens (tertiary/aromatic N) is 3. The predicted molar refractivity (Wildman–Crippen MR) is 105 cm³/mol. The van der Waals surface area contributed by atoms with Gasteiger partial charge in [-0.25, -0.2) is 0 Å². The van der Waals surface area contributed by atoms with Gasteiger partial charge in [-0.05, 0) is 30.2 Å². The number of amides is 1. The molecular formula is C20H27N5O. The number of aromatic nitrogens is 1. The first kappa shape index (κ1) is 19.4. The van der Waals surface area contributed by atoms with E-state index in [0.29, 0.717) is 19.0 Å². The summed E-state index contributed by atoms with van der Waals surface area (Å²) in [6.45, 7) is 3.57. The second-order valence-corrected chi connectivity index (χ2v) is 6.09. The second kappa shape index (κ2) is 10.2. The molecule has 0 fully saturated rings. The molecule has 138 valence electrons. The SMILES string of the molecule is CN=C(NCC(=O)N(C)CCc1ccccn1)NCc1ccccc1C. The Kier molecular flexibility index (Phi) is 7.61. The third kappa shape index (κ3) is 6.20. The number of carbonyl (C=O) groups is 1. The number of pyridine rings is 1. The Bertz CT molecular complexity index is 730. The maximum Gasteiger partial charge on any atom is 0.241 e. The zero-order valence-electron chi connectivity index (χ0n) is 15.7. The van der Waals surface area contributed by atoms with Crippen LogP contribution in [0.15, 0.2) is 53.7 Å². The number of hydrogen-bond donors (Lipinski definition) is 2. The monoisotopic (exact) mass is 353 g/mol. The lowest BCUT2D eigenvalue weighted by Crippen LogP contribution is -2.43. The molecule has 2 aromatic rings. The highest BCUT2D eigenvalue weighted by atomic mass is 16.2. The Balaban J connectivity index is 1.74. The van der Waals surface area contributed by atoms with E-state index in [1.165, 1.54) is 11.1 Å². The van der Waals surface area contributed by atoms with Crippen molar-refractivity contribution in [2.75, 3.05) is 27.2 Å². The van der Waals surface area contributed by atoms with Crippen molar-refractivity contribution in [1.29, 1.82) is 0 Å². The Morgan fingerprint density at radius 3 is 2.62 bits per heavy atom. The Hall–Kier alpha value is -2.89. The van der Waals surface area contributed by atoms with Gasteiger partial charge < -0.3 is 15.5 Å². The van der Waals surface area contributed by atoms with E-state index in [1.54, 1.807) is 25.2 Å². The molecular weight excluding hydrogens is 326 g/mol. The van der Waals surface area contributed by atoms with E-state index >= 15 is 0 Å². The highest BCUT2D eigenvalue weighted by Gasteiger charge is 2.10. The van der Waals surface area contributed by atoms with Gasteiger partial charge in [-0.1, -0.05) is 30.3 Å². The number of guanidine groups is 1. The zero-order chi connectivity index (χ0) is 18.8. The van der Waals surface area contributed by atoms with Crippen molar-refractivity contribution < 1.29 is 4.79 Å². The Labute approximate surface area is 155 Å². The summed E-state index contributed by atoms with van der Waals surface area (Å²) in [4.78, 5) is 22.4. The lowest BCUT2D eigenvalue weighted by molar-refractivity contribution is -0.128. The molecule has 0 aliphatic heterocycles. The predicted octanol–water partition coefficient (Wildman–Crippen LogP) is 1.76. The van der Waals surface area contributed by atoms with Crippen LogP contribution in [-0.4, -0.2) is 48.9 Å². The van der Waals surface area contributed by atoms with Gasteiger partial charge in [0.1, 0.15) is 0 Å². The summed E-state index contributed by atoms with van der Waals surface area (Å²) >= 11 is 0. The van der Waals surface area contributed by atoms with Crippen LogP contribution in [0.5, 0.6) is 0 Å². The van der Waals surface area contributed by atoms with Gasteiger partial charge in [0, 0.05) is 45.5 Å². The second-order valence-electron chi connectivity index (χ2n) is 6.09. The number of benzene rings is 1. The average molecular weight is 353 g/mol. The molecule has 1 aromatic heterocycles. The van der Waals surface area contributed by atoms with Crippen molar-refractivity contribution in [2.45, 2.75) is 19.9 Å². The fraction of sp³-hybridized carbons (Fsp3) is 0.350. The van der Waals surface area contributed by atoms with Crippen LogP contribution >= 0.6 is 0 Å². The van der Waals surface area contributed by atoms with Crippen molar-refractivity contribution in [3.8, 4) is 0 Å². The first-order chi connectivity index (χ1) is 12.6. The maximum absolute atomic E-state index is 12.3. The van der Waals surface area contributed by atoms with Gasteiger partial charge in [0.05, 0.1) is 6.54 Å². The highest BCUT2D eigenvalue weighted by molar-refractivity contribution is 5.86. The minimum atomic E-state index is 0.0137. The molecule has 0 aliphatic carbocycles. The number of hydrogen-bond acceptors (Lipinski definition) is 3. The summed E-state index contributed by atoms with van der Waals surface area (Å²) in [6, 6.07) is 14.0. The Morgan fingerprint density at radius 1 is 1.15 bits per heavy atom. The van der Waals surface area contributed by atoms with Gasteiger partial charge in [0.15, 0.2) is 5.96 Å². The summed E-state index contributed by atoms with van der Waals surface area (Å²) in [7, 11) is 3.50. The minimum absolute atomic E-state index is 0.0137. The number of nitrogens with one attached hydrogen (secondary N) is 2. The molecule has 0 spiro atoms. The number of rotatable bonds is 7. The van der Waals surface area contributed by atoms with Crippen molar-refractivity contribution in [2.24, 2.45) is 4.99 Å². The average Bonchev–Trinajstić information content (AvgIpc) is 2.68. The molecule has 0 aliphatic rings. The third-order valence-corrected chi connectivity index (χ3v) is 4.19. The van der Waals surface area contributed by atoms with Crippen LogP contribution in [0.3, 0.4) is 0 Å². The number of aryl methyl sites for hydroxylation is 1. The van der Waals surface area contributed by atoms with Crippen LogP contribution < -0.4 is 10.6 Å². The van der Waals surface area contributed by atoms with E-state index < -0.39 is 0 Å².